The number of nitrogens with zero attached hydrogens (tertiary/aromatic N) is 2. The summed E-state index contributed by atoms with van der Waals surface area (Å²) in [4.78, 5) is 4.27. The first-order valence-corrected chi connectivity index (χ1v) is 8.99. The first kappa shape index (κ1) is 15.3. The minimum Gasteiger partial charge on any atom is -0.382 e. The SMILES string of the molecule is CCOCCCNc1nccn1C1CCCS(=O)(=O)C1. The van der Waals surface area contributed by atoms with Gasteiger partial charge in [0, 0.05) is 32.2 Å². The molecule has 0 saturated carbocycles. The Hall–Kier alpha value is -1.08. The molecule has 114 valence electrons. The Morgan fingerprint density at radius 3 is 3.15 bits per heavy atom. The molecule has 0 radical (unpaired) electrons. The molecule has 0 aromatic carbocycles. The highest BCUT2D eigenvalue weighted by atomic mass is 32.2. The van der Waals surface area contributed by atoms with Crippen LogP contribution in [-0.4, -0.2) is 49.2 Å². The van der Waals surface area contributed by atoms with Crippen LogP contribution in [0.3, 0.4) is 0 Å². The molecule has 1 atom stereocenters. The number of anilines is 1. The van der Waals surface area contributed by atoms with Crippen molar-refractivity contribution in [2.45, 2.75) is 32.2 Å². The van der Waals surface area contributed by atoms with Crippen molar-refractivity contribution in [2.24, 2.45) is 0 Å². The monoisotopic (exact) mass is 301 g/mol. The second-order valence-corrected chi connectivity index (χ2v) is 7.27. The van der Waals surface area contributed by atoms with E-state index in [4.69, 9.17) is 4.74 Å². The molecule has 20 heavy (non-hydrogen) atoms. The van der Waals surface area contributed by atoms with Crippen LogP contribution in [0.15, 0.2) is 12.4 Å². The first-order chi connectivity index (χ1) is 9.62. The zero-order valence-corrected chi connectivity index (χ0v) is 12.7. The molecule has 0 amide bonds. The fourth-order valence-electron chi connectivity index (χ4n) is 2.48. The van der Waals surface area contributed by atoms with E-state index >= 15 is 0 Å². The molecule has 1 aliphatic rings. The van der Waals surface area contributed by atoms with Gasteiger partial charge in [0.25, 0.3) is 0 Å². The van der Waals surface area contributed by atoms with Gasteiger partial charge in [-0.25, -0.2) is 13.4 Å². The molecule has 0 spiro atoms. The maximum absolute atomic E-state index is 11.7. The molecule has 1 aromatic rings. The van der Waals surface area contributed by atoms with Crippen molar-refractivity contribution in [1.82, 2.24) is 9.55 Å². The van der Waals surface area contributed by atoms with Gasteiger partial charge in [-0.05, 0) is 26.2 Å². The summed E-state index contributed by atoms with van der Waals surface area (Å²) in [5.74, 6) is 1.29. The largest absolute Gasteiger partial charge is 0.382 e. The van der Waals surface area contributed by atoms with Gasteiger partial charge in [0.05, 0.1) is 17.5 Å². The summed E-state index contributed by atoms with van der Waals surface area (Å²) < 4.78 is 30.7. The molecular weight excluding hydrogens is 278 g/mol. The second kappa shape index (κ2) is 7.08. The fourth-order valence-corrected chi connectivity index (χ4v) is 4.17. The minimum atomic E-state index is -2.90. The summed E-state index contributed by atoms with van der Waals surface area (Å²) in [6.07, 6.45) is 6.10. The molecule has 2 rings (SSSR count). The predicted octanol–water partition coefficient (Wildman–Crippen LogP) is 1.47. The molecule has 0 bridgehead atoms. The first-order valence-electron chi connectivity index (χ1n) is 7.17. The Kier molecular flexibility index (Phi) is 5.42. The van der Waals surface area contributed by atoms with Crippen molar-refractivity contribution in [3.05, 3.63) is 12.4 Å². The van der Waals surface area contributed by atoms with E-state index in [1.54, 1.807) is 6.20 Å². The number of hydrogen-bond acceptors (Lipinski definition) is 5. The van der Waals surface area contributed by atoms with Gasteiger partial charge in [-0.1, -0.05) is 0 Å². The van der Waals surface area contributed by atoms with E-state index in [-0.39, 0.29) is 11.8 Å². The standard InChI is InChI=1S/C13H23N3O3S/c1-2-19-9-4-6-14-13-15-7-8-16(13)12-5-3-10-20(17,18)11-12/h7-8,12H,2-6,9-11H2,1H3,(H,14,15). The van der Waals surface area contributed by atoms with Crippen LogP contribution >= 0.6 is 0 Å². The van der Waals surface area contributed by atoms with Gasteiger partial charge in [-0.2, -0.15) is 0 Å². The van der Waals surface area contributed by atoms with Crippen LogP contribution < -0.4 is 5.32 Å². The summed E-state index contributed by atoms with van der Waals surface area (Å²) in [7, 11) is -2.90. The average molecular weight is 301 g/mol. The lowest BCUT2D eigenvalue weighted by Crippen LogP contribution is -2.28. The van der Waals surface area contributed by atoms with Crippen molar-refractivity contribution < 1.29 is 13.2 Å². The van der Waals surface area contributed by atoms with E-state index in [2.05, 4.69) is 10.3 Å². The zero-order chi connectivity index (χ0) is 14.4. The minimum absolute atomic E-state index is 0.00522. The normalized spacial score (nSPS) is 21.8. The molecule has 2 heterocycles. The molecule has 1 fully saturated rings. The third kappa shape index (κ3) is 4.21. The molecule has 1 unspecified atom stereocenters. The van der Waals surface area contributed by atoms with Gasteiger partial charge in [0.2, 0.25) is 5.95 Å². The van der Waals surface area contributed by atoms with Gasteiger partial charge >= 0.3 is 0 Å². The Morgan fingerprint density at radius 1 is 1.55 bits per heavy atom. The number of nitrogens with one attached hydrogen (secondary N) is 1. The van der Waals surface area contributed by atoms with E-state index < -0.39 is 9.84 Å². The highest BCUT2D eigenvalue weighted by molar-refractivity contribution is 7.91. The van der Waals surface area contributed by atoms with Crippen molar-refractivity contribution in [1.29, 1.82) is 0 Å². The molecule has 1 saturated heterocycles. The maximum atomic E-state index is 11.7. The number of imidazole rings is 1. The summed E-state index contributed by atoms with van der Waals surface area (Å²) in [5.41, 5.74) is 0. The quantitative estimate of drug-likeness (QED) is 0.772. The zero-order valence-electron chi connectivity index (χ0n) is 11.9. The lowest BCUT2D eigenvalue weighted by molar-refractivity contribution is 0.147. The topological polar surface area (TPSA) is 73.2 Å². The molecule has 1 aromatic heterocycles. The van der Waals surface area contributed by atoms with Crippen molar-refractivity contribution in [2.75, 3.05) is 36.6 Å². The Morgan fingerprint density at radius 2 is 2.40 bits per heavy atom. The van der Waals surface area contributed by atoms with E-state index in [1.807, 2.05) is 17.7 Å². The number of ether oxygens (including phenoxy) is 1. The molecule has 1 aliphatic heterocycles. The molecular formula is C13H23N3O3S. The van der Waals surface area contributed by atoms with Gasteiger partial charge in [0.15, 0.2) is 9.84 Å². The van der Waals surface area contributed by atoms with Crippen LogP contribution in [0.4, 0.5) is 5.95 Å². The average Bonchev–Trinajstić information content (AvgIpc) is 2.86. The maximum Gasteiger partial charge on any atom is 0.203 e. The molecule has 6 nitrogen and oxygen atoms in total. The third-order valence-electron chi connectivity index (χ3n) is 3.45. The van der Waals surface area contributed by atoms with Crippen LogP contribution in [0.2, 0.25) is 0 Å². The highest BCUT2D eigenvalue weighted by Crippen LogP contribution is 2.25. The van der Waals surface area contributed by atoms with Crippen molar-refractivity contribution in [3.8, 4) is 0 Å². The number of rotatable bonds is 7. The van der Waals surface area contributed by atoms with Crippen LogP contribution in [0.1, 0.15) is 32.2 Å². The van der Waals surface area contributed by atoms with Crippen LogP contribution in [0, 0.1) is 0 Å². The van der Waals surface area contributed by atoms with Gasteiger partial charge < -0.3 is 14.6 Å². The van der Waals surface area contributed by atoms with Gasteiger partial charge in [-0.3, -0.25) is 0 Å². The summed E-state index contributed by atoms with van der Waals surface area (Å²) in [6.45, 7) is 4.21. The van der Waals surface area contributed by atoms with E-state index in [0.29, 0.717) is 5.75 Å². The number of hydrogen-bond donors (Lipinski definition) is 1. The van der Waals surface area contributed by atoms with E-state index in [9.17, 15) is 8.42 Å². The van der Waals surface area contributed by atoms with Gasteiger partial charge in [-0.15, -0.1) is 0 Å². The van der Waals surface area contributed by atoms with Crippen LogP contribution in [0.25, 0.3) is 0 Å². The van der Waals surface area contributed by atoms with Crippen LogP contribution in [0.5, 0.6) is 0 Å². The Labute approximate surface area is 120 Å². The summed E-state index contributed by atoms with van der Waals surface area (Å²) >= 11 is 0. The summed E-state index contributed by atoms with van der Waals surface area (Å²) in [6, 6.07) is 0.00522. The Balaban J connectivity index is 1.91. The number of sulfone groups is 1. The number of aromatic nitrogens is 2. The lowest BCUT2D eigenvalue weighted by Gasteiger charge is -2.24. The predicted molar refractivity (Wildman–Crippen MR) is 78.8 cm³/mol. The van der Waals surface area contributed by atoms with Crippen LogP contribution in [-0.2, 0) is 14.6 Å². The third-order valence-corrected chi connectivity index (χ3v) is 5.26. The molecule has 7 heteroatoms. The van der Waals surface area contributed by atoms with Gasteiger partial charge in [0.1, 0.15) is 0 Å². The molecule has 1 N–H and O–H groups in total. The van der Waals surface area contributed by atoms with E-state index in [1.165, 1.54) is 0 Å². The second-order valence-electron chi connectivity index (χ2n) is 5.05. The van der Waals surface area contributed by atoms with Crippen molar-refractivity contribution >= 4 is 15.8 Å². The lowest BCUT2D eigenvalue weighted by atomic mass is 10.2. The summed E-state index contributed by atoms with van der Waals surface area (Å²) in [5, 5.41) is 3.25. The Bertz CT molecular complexity index is 513. The van der Waals surface area contributed by atoms with E-state index in [0.717, 1.165) is 45.0 Å². The fraction of sp³-hybridized carbons (Fsp3) is 0.769. The highest BCUT2D eigenvalue weighted by Gasteiger charge is 2.27. The molecule has 0 aliphatic carbocycles. The smallest absolute Gasteiger partial charge is 0.203 e. The van der Waals surface area contributed by atoms with Crippen molar-refractivity contribution in [3.63, 3.8) is 0 Å².